The second kappa shape index (κ2) is 3.56. The van der Waals surface area contributed by atoms with Gasteiger partial charge in [-0.2, -0.15) is 0 Å². The molecular weight excluding hydrogens is 150 g/mol. The molecule has 1 N–H and O–H groups in total. The Morgan fingerprint density at radius 1 is 1.30 bits per heavy atom. The van der Waals surface area contributed by atoms with E-state index in [0.717, 1.165) is 19.1 Å². The highest BCUT2D eigenvalue weighted by molar-refractivity contribution is 5.85. The number of nitrogens with one attached hydrogen (secondary N) is 1. The first-order valence-corrected chi connectivity index (χ1v) is 3.78. The Bertz CT molecular complexity index is 97.8. The minimum absolute atomic E-state index is 0. The summed E-state index contributed by atoms with van der Waals surface area (Å²) in [5.74, 6) is 0.832. The van der Waals surface area contributed by atoms with Gasteiger partial charge < -0.3 is 10.1 Å². The van der Waals surface area contributed by atoms with Crippen LogP contribution in [-0.2, 0) is 4.74 Å². The maximum Gasteiger partial charge on any atom is 0.0623 e. The van der Waals surface area contributed by atoms with E-state index in [4.69, 9.17) is 4.74 Å². The number of rotatable bonds is 0. The molecule has 3 heteroatoms. The molecule has 0 aromatic carbocycles. The van der Waals surface area contributed by atoms with Gasteiger partial charge in [0, 0.05) is 6.04 Å². The van der Waals surface area contributed by atoms with Gasteiger partial charge in [0.05, 0.1) is 13.2 Å². The highest BCUT2D eigenvalue weighted by Gasteiger charge is 2.29. The lowest BCUT2D eigenvalue weighted by Crippen LogP contribution is -2.40. The van der Waals surface area contributed by atoms with Crippen LogP contribution < -0.4 is 5.32 Å². The van der Waals surface area contributed by atoms with Gasteiger partial charge in [-0.15, -0.1) is 12.4 Å². The van der Waals surface area contributed by atoms with Crippen LogP contribution in [0, 0.1) is 5.92 Å². The van der Waals surface area contributed by atoms with Gasteiger partial charge in [0.25, 0.3) is 0 Å². The maximum absolute atomic E-state index is 5.33. The Morgan fingerprint density at radius 2 is 2.20 bits per heavy atom. The van der Waals surface area contributed by atoms with Crippen molar-refractivity contribution in [1.82, 2.24) is 5.32 Å². The van der Waals surface area contributed by atoms with Crippen molar-refractivity contribution < 1.29 is 4.74 Å². The summed E-state index contributed by atoms with van der Waals surface area (Å²) in [7, 11) is 0. The number of ether oxygens (including phenoxy) is 1. The minimum atomic E-state index is 0. The van der Waals surface area contributed by atoms with Crippen LogP contribution in [0.15, 0.2) is 0 Å². The van der Waals surface area contributed by atoms with Gasteiger partial charge in [-0.3, -0.25) is 0 Å². The molecule has 10 heavy (non-hydrogen) atoms. The van der Waals surface area contributed by atoms with Crippen molar-refractivity contribution in [2.75, 3.05) is 19.8 Å². The number of hydrogen-bond acceptors (Lipinski definition) is 2. The van der Waals surface area contributed by atoms with Gasteiger partial charge in [0.1, 0.15) is 0 Å². The standard InChI is InChI=1S/C7H13NO.ClH/c1-2-6-4-9-5-7(6)8-3-1;/h6-8H,1-5H2;1H. The van der Waals surface area contributed by atoms with E-state index in [1.165, 1.54) is 19.4 Å². The first-order valence-electron chi connectivity index (χ1n) is 3.78. The molecule has 0 radical (unpaired) electrons. The minimum Gasteiger partial charge on any atom is -0.379 e. The molecule has 0 bridgehead atoms. The lowest BCUT2D eigenvalue weighted by Gasteiger charge is -2.24. The van der Waals surface area contributed by atoms with Crippen molar-refractivity contribution >= 4 is 12.4 Å². The summed E-state index contributed by atoms with van der Waals surface area (Å²) in [6.07, 6.45) is 2.71. The fraction of sp³-hybridized carbons (Fsp3) is 1.00. The van der Waals surface area contributed by atoms with E-state index in [2.05, 4.69) is 5.32 Å². The zero-order valence-corrected chi connectivity index (χ0v) is 6.82. The van der Waals surface area contributed by atoms with Gasteiger partial charge in [0.15, 0.2) is 0 Å². The molecule has 2 aliphatic heterocycles. The summed E-state index contributed by atoms with van der Waals surface area (Å²) in [5.41, 5.74) is 0. The van der Waals surface area contributed by atoms with Crippen molar-refractivity contribution in [3.05, 3.63) is 0 Å². The molecule has 0 aliphatic carbocycles. The van der Waals surface area contributed by atoms with Crippen LogP contribution in [0.4, 0.5) is 0 Å². The molecule has 2 fully saturated rings. The van der Waals surface area contributed by atoms with Crippen LogP contribution >= 0.6 is 12.4 Å². The summed E-state index contributed by atoms with van der Waals surface area (Å²) in [6.45, 7) is 3.15. The van der Waals surface area contributed by atoms with E-state index >= 15 is 0 Å². The fourth-order valence-electron chi connectivity index (χ4n) is 1.76. The zero-order chi connectivity index (χ0) is 6.10. The average Bonchev–Trinajstić information content (AvgIpc) is 2.33. The molecule has 2 nitrogen and oxygen atoms in total. The van der Waals surface area contributed by atoms with Crippen molar-refractivity contribution in [3.8, 4) is 0 Å². The van der Waals surface area contributed by atoms with Crippen LogP contribution in [0.3, 0.4) is 0 Å². The third-order valence-corrected chi connectivity index (χ3v) is 2.36. The van der Waals surface area contributed by atoms with E-state index in [1.807, 2.05) is 0 Å². The third kappa shape index (κ3) is 1.44. The van der Waals surface area contributed by atoms with Crippen molar-refractivity contribution in [1.29, 1.82) is 0 Å². The third-order valence-electron chi connectivity index (χ3n) is 2.36. The van der Waals surface area contributed by atoms with Gasteiger partial charge in [-0.1, -0.05) is 0 Å². The van der Waals surface area contributed by atoms with Gasteiger partial charge in [-0.25, -0.2) is 0 Å². The summed E-state index contributed by atoms with van der Waals surface area (Å²) in [6, 6.07) is 0.693. The molecule has 2 heterocycles. The Hall–Kier alpha value is 0.210. The number of piperidine rings is 1. The lowest BCUT2D eigenvalue weighted by molar-refractivity contribution is 0.183. The Balaban J connectivity index is 0.000000500. The topological polar surface area (TPSA) is 21.3 Å². The molecule has 2 saturated heterocycles. The van der Waals surface area contributed by atoms with Crippen LogP contribution in [0.1, 0.15) is 12.8 Å². The summed E-state index contributed by atoms with van der Waals surface area (Å²) < 4.78 is 5.33. The molecule has 2 rings (SSSR count). The average molecular weight is 164 g/mol. The van der Waals surface area contributed by atoms with Crippen LogP contribution in [0.2, 0.25) is 0 Å². The smallest absolute Gasteiger partial charge is 0.0623 e. The second-order valence-corrected chi connectivity index (χ2v) is 3.00. The quantitative estimate of drug-likeness (QED) is 0.571. The Labute approximate surface area is 67.7 Å². The predicted octanol–water partition coefficient (Wildman–Crippen LogP) is 0.807. The van der Waals surface area contributed by atoms with E-state index in [1.54, 1.807) is 0 Å². The predicted molar refractivity (Wildman–Crippen MR) is 42.6 cm³/mol. The highest BCUT2D eigenvalue weighted by Crippen LogP contribution is 2.21. The van der Waals surface area contributed by atoms with E-state index in [0.29, 0.717) is 6.04 Å². The molecule has 2 aliphatic rings. The number of hydrogen-bond donors (Lipinski definition) is 1. The van der Waals surface area contributed by atoms with Crippen molar-refractivity contribution in [2.24, 2.45) is 5.92 Å². The lowest BCUT2D eigenvalue weighted by atomic mass is 9.94. The van der Waals surface area contributed by atoms with Crippen molar-refractivity contribution in [3.63, 3.8) is 0 Å². The monoisotopic (exact) mass is 163 g/mol. The largest absolute Gasteiger partial charge is 0.379 e. The molecule has 2 atom stereocenters. The zero-order valence-electron chi connectivity index (χ0n) is 6.01. The van der Waals surface area contributed by atoms with Crippen LogP contribution in [0.5, 0.6) is 0 Å². The van der Waals surface area contributed by atoms with Crippen LogP contribution in [-0.4, -0.2) is 25.8 Å². The van der Waals surface area contributed by atoms with Gasteiger partial charge in [-0.05, 0) is 25.3 Å². The molecule has 0 aromatic rings. The second-order valence-electron chi connectivity index (χ2n) is 3.00. The van der Waals surface area contributed by atoms with Gasteiger partial charge in [0.2, 0.25) is 0 Å². The normalized spacial score (nSPS) is 38.4. The summed E-state index contributed by atoms with van der Waals surface area (Å²) in [5, 5.41) is 3.46. The summed E-state index contributed by atoms with van der Waals surface area (Å²) >= 11 is 0. The molecule has 0 amide bonds. The Kier molecular flexibility index (Phi) is 2.96. The van der Waals surface area contributed by atoms with E-state index in [-0.39, 0.29) is 12.4 Å². The van der Waals surface area contributed by atoms with Gasteiger partial charge >= 0.3 is 0 Å². The van der Waals surface area contributed by atoms with E-state index in [9.17, 15) is 0 Å². The Morgan fingerprint density at radius 3 is 3.00 bits per heavy atom. The van der Waals surface area contributed by atoms with Crippen molar-refractivity contribution in [2.45, 2.75) is 18.9 Å². The van der Waals surface area contributed by atoms with Crippen LogP contribution in [0.25, 0.3) is 0 Å². The summed E-state index contributed by atoms with van der Waals surface area (Å²) in [4.78, 5) is 0. The number of halogens is 1. The number of fused-ring (bicyclic) bond motifs is 1. The molecule has 0 saturated carbocycles. The molecule has 2 unspecified atom stereocenters. The fourth-order valence-corrected chi connectivity index (χ4v) is 1.76. The molecule has 60 valence electrons. The van der Waals surface area contributed by atoms with E-state index < -0.39 is 0 Å². The molecule has 0 aromatic heterocycles. The molecule has 0 spiro atoms. The maximum atomic E-state index is 5.33. The highest BCUT2D eigenvalue weighted by atomic mass is 35.5. The SMILES string of the molecule is C1CNC2COCC2C1.Cl. The first kappa shape index (κ1) is 8.31. The molecular formula is C7H14ClNO. The first-order chi connectivity index (χ1) is 4.47.